The SMILES string of the molecule is C[C@H](N)C(=O)c1cc2ccccn2c1. The minimum Gasteiger partial charge on any atom is -0.323 e. The Balaban J connectivity index is 2.50. The first-order chi connectivity index (χ1) is 6.68. The molecule has 0 radical (unpaired) electrons. The predicted octanol–water partition coefficient (Wildman–Crippen LogP) is 1.47. The van der Waals surface area contributed by atoms with Gasteiger partial charge in [0.05, 0.1) is 6.04 Å². The third-order valence-corrected chi connectivity index (χ3v) is 2.20. The summed E-state index contributed by atoms with van der Waals surface area (Å²) >= 11 is 0. The minimum atomic E-state index is -0.438. The molecular weight excluding hydrogens is 176 g/mol. The van der Waals surface area contributed by atoms with Crippen molar-refractivity contribution in [1.29, 1.82) is 0 Å². The van der Waals surface area contributed by atoms with Crippen LogP contribution in [0.1, 0.15) is 17.3 Å². The van der Waals surface area contributed by atoms with Crippen molar-refractivity contribution in [2.75, 3.05) is 0 Å². The molecule has 0 aliphatic heterocycles. The molecule has 3 heteroatoms. The molecule has 0 saturated carbocycles. The fourth-order valence-corrected chi connectivity index (χ4v) is 1.45. The average Bonchev–Trinajstić information content (AvgIpc) is 2.59. The molecule has 2 rings (SSSR count). The lowest BCUT2D eigenvalue weighted by Crippen LogP contribution is -2.26. The van der Waals surface area contributed by atoms with E-state index in [9.17, 15) is 4.79 Å². The Hall–Kier alpha value is -1.61. The number of rotatable bonds is 2. The van der Waals surface area contributed by atoms with Crippen LogP contribution in [0.2, 0.25) is 0 Å². The van der Waals surface area contributed by atoms with Crippen molar-refractivity contribution in [2.45, 2.75) is 13.0 Å². The van der Waals surface area contributed by atoms with Crippen molar-refractivity contribution < 1.29 is 4.79 Å². The Kier molecular flexibility index (Phi) is 2.09. The number of hydrogen-bond acceptors (Lipinski definition) is 2. The van der Waals surface area contributed by atoms with Crippen LogP contribution in [0.4, 0.5) is 0 Å². The number of carbonyl (C=O) groups is 1. The quantitative estimate of drug-likeness (QED) is 0.725. The van der Waals surface area contributed by atoms with Crippen LogP contribution < -0.4 is 5.73 Å². The summed E-state index contributed by atoms with van der Waals surface area (Å²) in [6.45, 7) is 1.70. The third-order valence-electron chi connectivity index (χ3n) is 2.20. The number of carbonyl (C=O) groups excluding carboxylic acids is 1. The molecule has 0 aliphatic rings. The highest BCUT2D eigenvalue weighted by Gasteiger charge is 2.12. The molecule has 0 unspecified atom stereocenters. The van der Waals surface area contributed by atoms with E-state index in [4.69, 9.17) is 5.73 Å². The Morgan fingerprint density at radius 3 is 2.93 bits per heavy atom. The lowest BCUT2D eigenvalue weighted by atomic mass is 10.1. The van der Waals surface area contributed by atoms with Gasteiger partial charge in [-0.15, -0.1) is 0 Å². The smallest absolute Gasteiger partial charge is 0.180 e. The van der Waals surface area contributed by atoms with E-state index in [-0.39, 0.29) is 5.78 Å². The number of fused-ring (bicyclic) bond motifs is 1. The molecule has 2 N–H and O–H groups in total. The molecule has 0 bridgehead atoms. The summed E-state index contributed by atoms with van der Waals surface area (Å²) in [6.07, 6.45) is 3.72. The van der Waals surface area contributed by atoms with E-state index >= 15 is 0 Å². The Morgan fingerprint density at radius 2 is 2.29 bits per heavy atom. The lowest BCUT2D eigenvalue weighted by Gasteiger charge is -1.99. The lowest BCUT2D eigenvalue weighted by molar-refractivity contribution is 0.0968. The number of Topliss-reactive ketones (excluding diaryl/α,β-unsaturated/α-hetero) is 1. The molecule has 2 heterocycles. The second-order valence-corrected chi connectivity index (χ2v) is 3.41. The number of hydrogen-bond donors (Lipinski definition) is 1. The minimum absolute atomic E-state index is 0.0197. The zero-order valence-corrected chi connectivity index (χ0v) is 7.97. The van der Waals surface area contributed by atoms with Gasteiger partial charge in [0, 0.05) is 23.5 Å². The van der Waals surface area contributed by atoms with Gasteiger partial charge in [-0.1, -0.05) is 6.07 Å². The number of ketones is 1. The van der Waals surface area contributed by atoms with Crippen LogP contribution in [0.5, 0.6) is 0 Å². The van der Waals surface area contributed by atoms with Crippen molar-refractivity contribution in [2.24, 2.45) is 5.73 Å². The first-order valence-corrected chi connectivity index (χ1v) is 4.55. The van der Waals surface area contributed by atoms with E-state index in [1.54, 1.807) is 13.1 Å². The number of nitrogens with zero attached hydrogens (tertiary/aromatic N) is 1. The zero-order chi connectivity index (χ0) is 10.1. The molecule has 0 spiro atoms. The third kappa shape index (κ3) is 1.42. The second-order valence-electron chi connectivity index (χ2n) is 3.41. The van der Waals surface area contributed by atoms with Gasteiger partial charge in [0.2, 0.25) is 0 Å². The highest BCUT2D eigenvalue weighted by Crippen LogP contribution is 2.10. The van der Waals surface area contributed by atoms with Gasteiger partial charge < -0.3 is 10.1 Å². The van der Waals surface area contributed by atoms with E-state index in [0.29, 0.717) is 5.56 Å². The summed E-state index contributed by atoms with van der Waals surface area (Å²) < 4.78 is 1.91. The molecule has 0 amide bonds. The topological polar surface area (TPSA) is 47.5 Å². The van der Waals surface area contributed by atoms with Crippen molar-refractivity contribution in [3.63, 3.8) is 0 Å². The van der Waals surface area contributed by atoms with E-state index in [1.807, 2.05) is 34.9 Å². The van der Waals surface area contributed by atoms with E-state index in [0.717, 1.165) is 5.52 Å². The van der Waals surface area contributed by atoms with Gasteiger partial charge in [0.1, 0.15) is 0 Å². The molecule has 2 aromatic heterocycles. The first kappa shape index (κ1) is 8.97. The molecule has 14 heavy (non-hydrogen) atoms. The molecular formula is C11H12N2O. The summed E-state index contributed by atoms with van der Waals surface area (Å²) in [5, 5.41) is 0. The fraction of sp³-hybridized carbons (Fsp3) is 0.182. The van der Waals surface area contributed by atoms with Crippen LogP contribution in [0, 0.1) is 0 Å². The monoisotopic (exact) mass is 188 g/mol. The van der Waals surface area contributed by atoms with E-state index < -0.39 is 6.04 Å². The first-order valence-electron chi connectivity index (χ1n) is 4.55. The van der Waals surface area contributed by atoms with Crippen LogP contribution in [0.25, 0.3) is 5.52 Å². The largest absolute Gasteiger partial charge is 0.323 e. The van der Waals surface area contributed by atoms with Gasteiger partial charge in [-0.2, -0.15) is 0 Å². The van der Waals surface area contributed by atoms with Crippen LogP contribution in [0.15, 0.2) is 36.7 Å². The highest BCUT2D eigenvalue weighted by molar-refractivity contribution is 6.00. The molecule has 1 atom stereocenters. The van der Waals surface area contributed by atoms with Crippen LogP contribution in [0.3, 0.4) is 0 Å². The summed E-state index contributed by atoms with van der Waals surface area (Å²) in [4.78, 5) is 11.6. The molecule has 0 saturated heterocycles. The summed E-state index contributed by atoms with van der Waals surface area (Å²) in [6, 6.07) is 7.24. The second kappa shape index (κ2) is 3.27. The van der Waals surface area contributed by atoms with Gasteiger partial charge in [0.15, 0.2) is 5.78 Å². The maximum atomic E-state index is 11.6. The van der Waals surface area contributed by atoms with Crippen LogP contribution in [-0.4, -0.2) is 16.2 Å². The van der Waals surface area contributed by atoms with Gasteiger partial charge in [-0.05, 0) is 25.1 Å². The summed E-state index contributed by atoms with van der Waals surface area (Å²) in [5.74, 6) is -0.0197. The van der Waals surface area contributed by atoms with Gasteiger partial charge in [-0.3, -0.25) is 4.79 Å². The van der Waals surface area contributed by atoms with Crippen LogP contribution >= 0.6 is 0 Å². The molecule has 72 valence electrons. The van der Waals surface area contributed by atoms with Crippen LogP contribution in [-0.2, 0) is 0 Å². The average molecular weight is 188 g/mol. The van der Waals surface area contributed by atoms with E-state index in [2.05, 4.69) is 0 Å². The van der Waals surface area contributed by atoms with Crippen molar-refractivity contribution in [3.8, 4) is 0 Å². The summed E-state index contributed by atoms with van der Waals surface area (Å²) in [5.41, 5.74) is 7.21. The summed E-state index contributed by atoms with van der Waals surface area (Å²) in [7, 11) is 0. The zero-order valence-electron chi connectivity index (χ0n) is 7.97. The number of nitrogens with two attached hydrogens (primary N) is 1. The highest BCUT2D eigenvalue weighted by atomic mass is 16.1. The van der Waals surface area contributed by atoms with Gasteiger partial charge in [0.25, 0.3) is 0 Å². The molecule has 3 nitrogen and oxygen atoms in total. The Morgan fingerprint density at radius 1 is 1.50 bits per heavy atom. The normalized spacial score (nSPS) is 13.0. The Labute approximate surface area is 82.1 Å². The Bertz CT molecular complexity index is 438. The van der Waals surface area contributed by atoms with Gasteiger partial charge >= 0.3 is 0 Å². The molecule has 0 fully saturated rings. The fourth-order valence-electron chi connectivity index (χ4n) is 1.45. The van der Waals surface area contributed by atoms with Crippen molar-refractivity contribution in [1.82, 2.24) is 4.40 Å². The van der Waals surface area contributed by atoms with E-state index in [1.165, 1.54) is 0 Å². The standard InChI is InChI=1S/C11H12N2O/c1-8(12)11(14)9-6-10-4-2-3-5-13(10)7-9/h2-8H,12H2,1H3/t8-/m0/s1. The van der Waals surface area contributed by atoms with Crippen molar-refractivity contribution >= 4 is 11.3 Å². The molecule has 0 aliphatic carbocycles. The predicted molar refractivity (Wildman–Crippen MR) is 55.4 cm³/mol. The maximum Gasteiger partial charge on any atom is 0.180 e. The van der Waals surface area contributed by atoms with Gasteiger partial charge in [-0.25, -0.2) is 0 Å². The number of aromatic nitrogens is 1. The molecule has 2 aromatic rings. The van der Waals surface area contributed by atoms with Crippen molar-refractivity contribution in [3.05, 3.63) is 42.2 Å². The molecule has 0 aromatic carbocycles. The maximum absolute atomic E-state index is 11.6. The number of pyridine rings is 1.